The molecule has 0 amide bonds. The molecule has 0 aliphatic carbocycles. The number of benzene rings is 1. The molecular weight excluding hydrogens is 236 g/mol. The molecule has 1 aromatic heterocycles. The summed E-state index contributed by atoms with van der Waals surface area (Å²) in [6, 6.07) is 11.3. The Kier molecular flexibility index (Phi) is 3.67. The zero-order valence-corrected chi connectivity index (χ0v) is 11.3. The number of likely N-dealkylation sites (N-methyl/N-ethyl adjacent to an activating group) is 1. The fourth-order valence-corrected chi connectivity index (χ4v) is 2.79. The van der Waals surface area contributed by atoms with Crippen LogP contribution in [0, 0.1) is 0 Å². The van der Waals surface area contributed by atoms with Crippen molar-refractivity contribution in [3.63, 3.8) is 0 Å². The van der Waals surface area contributed by atoms with E-state index in [9.17, 15) is 0 Å². The SMILES string of the molecule is CN(Cc1ccoc1)CC1Cc2ccccc2CN1. The molecular formula is C16H20N2O. The van der Waals surface area contributed by atoms with Crippen LogP contribution in [-0.2, 0) is 19.5 Å². The average molecular weight is 256 g/mol. The van der Waals surface area contributed by atoms with Crippen molar-refractivity contribution < 1.29 is 4.42 Å². The number of rotatable bonds is 4. The molecule has 1 unspecified atom stereocenters. The maximum atomic E-state index is 5.11. The van der Waals surface area contributed by atoms with E-state index in [0.29, 0.717) is 6.04 Å². The van der Waals surface area contributed by atoms with Gasteiger partial charge in [-0.1, -0.05) is 24.3 Å². The predicted octanol–water partition coefficient (Wildman–Crippen LogP) is 2.43. The van der Waals surface area contributed by atoms with Crippen molar-refractivity contribution in [2.75, 3.05) is 13.6 Å². The van der Waals surface area contributed by atoms with Gasteiger partial charge in [-0.25, -0.2) is 0 Å². The van der Waals surface area contributed by atoms with E-state index < -0.39 is 0 Å². The van der Waals surface area contributed by atoms with Crippen molar-refractivity contribution in [3.8, 4) is 0 Å². The van der Waals surface area contributed by atoms with Crippen molar-refractivity contribution in [2.45, 2.75) is 25.6 Å². The predicted molar refractivity (Wildman–Crippen MR) is 75.8 cm³/mol. The number of nitrogens with zero attached hydrogens (tertiary/aromatic N) is 1. The van der Waals surface area contributed by atoms with Gasteiger partial charge in [-0.15, -0.1) is 0 Å². The van der Waals surface area contributed by atoms with Crippen LogP contribution in [0.4, 0.5) is 0 Å². The van der Waals surface area contributed by atoms with Crippen LogP contribution in [0.25, 0.3) is 0 Å². The molecule has 0 saturated carbocycles. The molecule has 1 atom stereocenters. The summed E-state index contributed by atoms with van der Waals surface area (Å²) in [5.74, 6) is 0. The molecule has 0 radical (unpaired) electrons. The van der Waals surface area contributed by atoms with Gasteiger partial charge in [0.2, 0.25) is 0 Å². The van der Waals surface area contributed by atoms with Crippen LogP contribution in [0.15, 0.2) is 47.3 Å². The Morgan fingerprint density at radius 3 is 2.89 bits per heavy atom. The molecule has 1 aromatic carbocycles. The zero-order valence-electron chi connectivity index (χ0n) is 11.3. The standard InChI is InChI=1S/C16H20N2O/c1-18(10-13-6-7-19-12-13)11-16-8-14-4-2-3-5-15(14)9-17-16/h2-7,12,16-17H,8-11H2,1H3. The normalized spacial score (nSPS) is 18.5. The lowest BCUT2D eigenvalue weighted by atomic mass is 9.95. The quantitative estimate of drug-likeness (QED) is 0.910. The molecule has 19 heavy (non-hydrogen) atoms. The molecule has 100 valence electrons. The van der Waals surface area contributed by atoms with Crippen LogP contribution >= 0.6 is 0 Å². The molecule has 1 aliphatic rings. The van der Waals surface area contributed by atoms with E-state index in [-0.39, 0.29) is 0 Å². The number of fused-ring (bicyclic) bond motifs is 1. The summed E-state index contributed by atoms with van der Waals surface area (Å²) in [5.41, 5.74) is 4.16. The van der Waals surface area contributed by atoms with Gasteiger partial charge < -0.3 is 14.6 Å². The molecule has 2 aromatic rings. The summed E-state index contributed by atoms with van der Waals surface area (Å²) >= 11 is 0. The van der Waals surface area contributed by atoms with Gasteiger partial charge in [-0.2, -0.15) is 0 Å². The number of hydrogen-bond donors (Lipinski definition) is 1. The van der Waals surface area contributed by atoms with E-state index in [1.54, 1.807) is 6.26 Å². The summed E-state index contributed by atoms with van der Waals surface area (Å²) in [4.78, 5) is 2.34. The van der Waals surface area contributed by atoms with Gasteiger partial charge in [-0.3, -0.25) is 0 Å². The topological polar surface area (TPSA) is 28.4 Å². The Bertz CT molecular complexity index is 521. The first-order valence-corrected chi connectivity index (χ1v) is 6.81. The van der Waals surface area contributed by atoms with Crippen LogP contribution in [0.1, 0.15) is 16.7 Å². The maximum absolute atomic E-state index is 5.11. The van der Waals surface area contributed by atoms with Crippen LogP contribution in [0.5, 0.6) is 0 Å². The third-order valence-electron chi connectivity index (χ3n) is 3.73. The van der Waals surface area contributed by atoms with E-state index in [1.165, 1.54) is 16.7 Å². The van der Waals surface area contributed by atoms with Gasteiger partial charge in [0.1, 0.15) is 0 Å². The highest BCUT2D eigenvalue weighted by molar-refractivity contribution is 5.29. The van der Waals surface area contributed by atoms with E-state index in [1.807, 2.05) is 12.3 Å². The van der Waals surface area contributed by atoms with Crippen LogP contribution < -0.4 is 5.32 Å². The molecule has 0 saturated heterocycles. The summed E-state index contributed by atoms with van der Waals surface area (Å²) in [6.45, 7) is 2.98. The summed E-state index contributed by atoms with van der Waals surface area (Å²) in [5, 5.41) is 3.62. The number of hydrogen-bond acceptors (Lipinski definition) is 3. The van der Waals surface area contributed by atoms with Gasteiger partial charge in [0.15, 0.2) is 0 Å². The lowest BCUT2D eigenvalue weighted by Crippen LogP contribution is -2.43. The Morgan fingerprint density at radius 1 is 1.26 bits per heavy atom. The third-order valence-corrected chi connectivity index (χ3v) is 3.73. The smallest absolute Gasteiger partial charge is 0.0947 e. The molecule has 1 N–H and O–H groups in total. The second-order valence-electron chi connectivity index (χ2n) is 5.38. The van der Waals surface area contributed by atoms with Gasteiger partial charge in [-0.05, 0) is 30.7 Å². The highest BCUT2D eigenvalue weighted by atomic mass is 16.3. The molecule has 0 bridgehead atoms. The lowest BCUT2D eigenvalue weighted by molar-refractivity contribution is 0.273. The molecule has 0 fully saturated rings. The van der Waals surface area contributed by atoms with Crippen LogP contribution in [-0.4, -0.2) is 24.5 Å². The van der Waals surface area contributed by atoms with E-state index >= 15 is 0 Å². The first-order chi connectivity index (χ1) is 9.31. The largest absolute Gasteiger partial charge is 0.472 e. The Morgan fingerprint density at radius 2 is 2.11 bits per heavy atom. The Hall–Kier alpha value is -1.58. The second kappa shape index (κ2) is 5.59. The molecule has 3 rings (SSSR count). The van der Waals surface area contributed by atoms with E-state index in [2.05, 4.69) is 41.5 Å². The highest BCUT2D eigenvalue weighted by Crippen LogP contribution is 2.17. The summed E-state index contributed by atoms with van der Waals surface area (Å²) in [7, 11) is 2.16. The molecule has 2 heterocycles. The number of furan rings is 1. The van der Waals surface area contributed by atoms with Crippen molar-refractivity contribution in [2.24, 2.45) is 0 Å². The fourth-order valence-electron chi connectivity index (χ4n) is 2.79. The van der Waals surface area contributed by atoms with Crippen molar-refractivity contribution in [1.29, 1.82) is 0 Å². The maximum Gasteiger partial charge on any atom is 0.0947 e. The van der Waals surface area contributed by atoms with E-state index in [4.69, 9.17) is 4.42 Å². The minimum absolute atomic E-state index is 0.534. The zero-order chi connectivity index (χ0) is 13.1. The molecule has 0 spiro atoms. The Labute approximate surface area is 114 Å². The van der Waals surface area contributed by atoms with Crippen molar-refractivity contribution in [1.82, 2.24) is 10.2 Å². The second-order valence-corrected chi connectivity index (χ2v) is 5.38. The summed E-state index contributed by atoms with van der Waals surface area (Å²) in [6.07, 6.45) is 4.67. The van der Waals surface area contributed by atoms with Gasteiger partial charge in [0, 0.05) is 31.2 Å². The van der Waals surface area contributed by atoms with Gasteiger partial charge in [0.25, 0.3) is 0 Å². The minimum atomic E-state index is 0.534. The number of nitrogens with one attached hydrogen (secondary N) is 1. The van der Waals surface area contributed by atoms with Gasteiger partial charge in [0.05, 0.1) is 12.5 Å². The van der Waals surface area contributed by atoms with E-state index in [0.717, 1.165) is 26.1 Å². The minimum Gasteiger partial charge on any atom is -0.472 e. The monoisotopic (exact) mass is 256 g/mol. The fraction of sp³-hybridized carbons (Fsp3) is 0.375. The molecule has 3 nitrogen and oxygen atoms in total. The third kappa shape index (κ3) is 3.06. The van der Waals surface area contributed by atoms with Crippen LogP contribution in [0.3, 0.4) is 0 Å². The molecule has 3 heteroatoms. The lowest BCUT2D eigenvalue weighted by Gasteiger charge is -2.29. The highest BCUT2D eigenvalue weighted by Gasteiger charge is 2.18. The van der Waals surface area contributed by atoms with Crippen molar-refractivity contribution in [3.05, 3.63) is 59.5 Å². The first-order valence-electron chi connectivity index (χ1n) is 6.81. The van der Waals surface area contributed by atoms with Gasteiger partial charge >= 0.3 is 0 Å². The summed E-state index contributed by atoms with van der Waals surface area (Å²) < 4.78 is 5.11. The van der Waals surface area contributed by atoms with Crippen LogP contribution in [0.2, 0.25) is 0 Å². The average Bonchev–Trinajstić information content (AvgIpc) is 2.91. The first kappa shape index (κ1) is 12.5. The Balaban J connectivity index is 1.57. The van der Waals surface area contributed by atoms with Crippen molar-refractivity contribution >= 4 is 0 Å². The molecule has 1 aliphatic heterocycles.